The summed E-state index contributed by atoms with van der Waals surface area (Å²) in [5, 5.41) is 0. The zero-order chi connectivity index (χ0) is 82.9. The van der Waals surface area contributed by atoms with Crippen molar-refractivity contribution in [3.05, 3.63) is 84.0 Å². The van der Waals surface area contributed by atoms with Crippen LogP contribution in [0.4, 0.5) is 35.1 Å². The minimum atomic E-state index is -4.90. The first-order chi connectivity index (χ1) is 52.2. The van der Waals surface area contributed by atoms with E-state index in [0.717, 1.165) is 9.80 Å². The van der Waals surface area contributed by atoms with Crippen molar-refractivity contribution < 1.29 is 128 Å². The second-order valence-corrected chi connectivity index (χ2v) is 37.0. The summed E-state index contributed by atoms with van der Waals surface area (Å²) >= 11 is 0. The predicted molar refractivity (Wildman–Crippen MR) is 386 cm³/mol. The van der Waals surface area contributed by atoms with Gasteiger partial charge in [-0.3, -0.25) is 47.8 Å². The van der Waals surface area contributed by atoms with Crippen LogP contribution in [0.5, 0.6) is 11.5 Å². The average molecular weight is 1630 g/mol. The molecule has 2 aromatic rings. The van der Waals surface area contributed by atoms with Crippen LogP contribution in [0, 0.1) is 58.2 Å². The van der Waals surface area contributed by atoms with Crippen LogP contribution < -0.4 is 18.9 Å². The summed E-state index contributed by atoms with van der Waals surface area (Å²) in [6, 6.07) is 9.80. The molecule has 0 spiro atoms. The van der Waals surface area contributed by atoms with E-state index in [1.54, 1.807) is 50.3 Å². The second-order valence-electron chi connectivity index (χ2n) is 32.9. The van der Waals surface area contributed by atoms with Gasteiger partial charge in [0.15, 0.2) is 11.6 Å². The van der Waals surface area contributed by atoms with E-state index in [1.807, 2.05) is 35.4 Å². The molecule has 0 bridgehead atoms. The highest BCUT2D eigenvalue weighted by Gasteiger charge is 2.66. The van der Waals surface area contributed by atoms with Crippen LogP contribution in [0.25, 0.3) is 0 Å². The number of hydrogen-bond acceptors (Lipinski definition) is 20. The van der Waals surface area contributed by atoms with E-state index in [1.165, 1.54) is 38.5 Å². The molecule has 4 aliphatic heterocycles. The lowest BCUT2D eigenvalue weighted by molar-refractivity contribution is -0.257. The number of ether oxygens (including phenoxy) is 6. The van der Waals surface area contributed by atoms with E-state index in [2.05, 4.69) is 0 Å². The number of allylic oxidation sites excluding steroid dienone is 4. The largest absolute Gasteiger partial charge is 0.496 e. The number of methoxy groups -OCH3 is 2. The zero-order valence-corrected chi connectivity index (χ0v) is 65.9. The quantitative estimate of drug-likeness (QED) is 0.0538. The van der Waals surface area contributed by atoms with Crippen molar-refractivity contribution in [3.63, 3.8) is 0 Å². The Morgan fingerprint density at radius 2 is 0.866 bits per heavy atom. The van der Waals surface area contributed by atoms with Crippen molar-refractivity contribution in [2.75, 3.05) is 40.7 Å². The summed E-state index contributed by atoms with van der Waals surface area (Å²) in [4.78, 5) is 141. The molecule has 4 saturated carbocycles. The van der Waals surface area contributed by atoms with Gasteiger partial charge in [-0.25, -0.2) is 35.2 Å². The lowest BCUT2D eigenvalue weighted by Crippen LogP contribution is -2.49. The normalized spacial score (nSPS) is 30.1. The molecule has 0 unspecified atom stereocenters. The van der Waals surface area contributed by atoms with Crippen LogP contribution in [-0.4, -0.2) is 184 Å². The Bertz CT molecular complexity index is 3950. The summed E-state index contributed by atoms with van der Waals surface area (Å²) in [5.41, 5.74) is -8.66. The summed E-state index contributed by atoms with van der Waals surface area (Å²) < 4.78 is 195. The van der Waals surface area contributed by atoms with Crippen molar-refractivity contribution in [1.82, 2.24) is 19.2 Å². The third kappa shape index (κ3) is 19.3. The number of alkyl halides is 8. The van der Waals surface area contributed by atoms with Crippen molar-refractivity contribution in [3.8, 4) is 11.5 Å². The molecule has 8 aliphatic rings. The molecule has 2 saturated heterocycles. The molecule has 4 heterocycles. The number of hydrogen-bond donors (Lipinski definition) is 2. The smallest absolute Gasteiger partial charge is 0.427 e. The van der Waals surface area contributed by atoms with Crippen molar-refractivity contribution in [2.45, 2.75) is 228 Å². The van der Waals surface area contributed by atoms with Gasteiger partial charge in [-0.05, 0) is 165 Å². The summed E-state index contributed by atoms with van der Waals surface area (Å²) in [6.07, 6.45) is -4.41. The maximum atomic E-state index is 14.6. The second kappa shape index (κ2) is 33.8. The van der Waals surface area contributed by atoms with Gasteiger partial charge in [-0.2, -0.15) is 26.3 Å². The number of ketones is 2. The topological polar surface area (TPSA) is 325 Å². The van der Waals surface area contributed by atoms with E-state index in [4.69, 9.17) is 28.4 Å². The Hall–Kier alpha value is -8.04. The highest BCUT2D eigenvalue weighted by Crippen LogP contribution is 2.59. The number of nitrogens with one attached hydrogen (secondary N) is 2. The van der Waals surface area contributed by atoms with Crippen LogP contribution in [0.2, 0.25) is 0 Å². The number of sulfonamides is 2. The number of benzene rings is 2. The number of para-hydroxylation sites is 2. The number of amides is 4. The Kier molecular flexibility index (Phi) is 26.5. The maximum absolute atomic E-state index is 14.6. The number of Topliss-reactive ketones (excluding diaryl/α,β-unsaturated/α-hetero) is 2. The third-order valence-corrected chi connectivity index (χ3v) is 27.9. The van der Waals surface area contributed by atoms with Crippen molar-refractivity contribution in [1.29, 1.82) is 0 Å². The number of fused-ring (bicyclic) bond motifs is 4. The SMILES string of the molecule is COc1ccccc1C(=O)O[C@@H]1C[C@H]2C(=O)C[C@]3(C(=O)NS(=O)(=O)C4(CF)CC4)C[C@H]3/C=C\CC[C@@H](C)C[C@@H](C)[C@H](CC(=O)OC(C)(C)C(F)(F)F)C(=O)N2C1.COc1ccccc1C(=O)O[C@@H]1C[C@H]2C(=O)C[C@]3(C(=O)NS(=O)(=O)C4(CF)CC4)C[C@H]3/C=C\CC[C@H](C)C[C@@H](C)[C@H](CC(=O)OC(C)(C)C(F)(F)F)C(=O)N2C1. The molecule has 0 radical (unpaired) electrons. The van der Waals surface area contributed by atoms with Gasteiger partial charge in [0.05, 0.1) is 74.9 Å². The summed E-state index contributed by atoms with van der Waals surface area (Å²) in [6.45, 7) is 7.00. The standard InChI is InChI=1S/2C39H50F4N2O10S/c2*1-23-10-6-7-11-25-19-38(25,35(50)44-56(51,52)37(22-40)14-15-37)20-30(46)29-17-26(54-34(49)27-12-8-9-13-31(27)53-5)21-45(29)33(48)28(24(2)16-23)18-32(47)55-36(3,4)39(41,42)43/h2*7-9,11-13,23-26,28-29H,6,10,14-22H2,1-5H3,(H,44,50)/b2*11-7-/t23-,24+,25+,26+,28-,29-,38+;23-,24-,25-,26-,28+,29+,38-/m01/s1. The fraction of sp³-hybridized carbons (Fsp3) is 0.667. The molecule has 10 rings (SSSR count). The number of carbonyl (C=O) groups excluding carboxylic acids is 10. The minimum Gasteiger partial charge on any atom is -0.496 e. The van der Waals surface area contributed by atoms with Gasteiger partial charge in [0.25, 0.3) is 0 Å². The highest BCUT2D eigenvalue weighted by atomic mass is 32.2. The van der Waals surface area contributed by atoms with E-state index >= 15 is 0 Å². The average Bonchev–Trinajstić information content (AvgIpc) is 1.57. The monoisotopic (exact) mass is 1630 g/mol. The molecule has 620 valence electrons. The Morgan fingerprint density at radius 3 is 1.18 bits per heavy atom. The fourth-order valence-corrected chi connectivity index (χ4v) is 18.6. The number of carbonyl (C=O) groups is 10. The van der Waals surface area contributed by atoms with Crippen LogP contribution in [0.3, 0.4) is 0 Å². The third-order valence-electron chi connectivity index (χ3n) is 23.7. The van der Waals surface area contributed by atoms with Gasteiger partial charge in [-0.15, -0.1) is 0 Å². The molecule has 6 fully saturated rings. The van der Waals surface area contributed by atoms with Gasteiger partial charge in [0.1, 0.15) is 57.7 Å². The maximum Gasteiger partial charge on any atom is 0.427 e. The minimum absolute atomic E-state index is 0.0362. The molecule has 4 amide bonds. The Balaban J connectivity index is 0.000000257. The molecule has 2 N–H and O–H groups in total. The van der Waals surface area contributed by atoms with Gasteiger partial charge in [0.2, 0.25) is 54.9 Å². The van der Waals surface area contributed by atoms with Crippen molar-refractivity contribution in [2.24, 2.45) is 58.2 Å². The van der Waals surface area contributed by atoms with Gasteiger partial charge in [-0.1, -0.05) is 76.3 Å². The number of halogens is 8. The lowest BCUT2D eigenvalue weighted by Gasteiger charge is -2.33. The van der Waals surface area contributed by atoms with Crippen LogP contribution in [-0.2, 0) is 77.4 Å². The van der Waals surface area contributed by atoms with Gasteiger partial charge in [0, 0.05) is 25.7 Å². The molecule has 14 atom stereocenters. The summed E-state index contributed by atoms with van der Waals surface area (Å²) in [5.74, 6) is -13.4. The molecule has 0 aromatic heterocycles. The molecule has 2 aromatic carbocycles. The van der Waals surface area contributed by atoms with E-state index in [9.17, 15) is 99.9 Å². The zero-order valence-electron chi connectivity index (χ0n) is 64.3. The Morgan fingerprint density at radius 1 is 0.527 bits per heavy atom. The molecular formula is C78H100F8N4O20S2. The van der Waals surface area contributed by atoms with Crippen LogP contribution in [0.15, 0.2) is 72.8 Å². The van der Waals surface area contributed by atoms with Gasteiger partial charge < -0.3 is 38.2 Å². The molecule has 112 heavy (non-hydrogen) atoms. The lowest BCUT2D eigenvalue weighted by atomic mass is 9.82. The first-order valence-corrected chi connectivity index (χ1v) is 40.7. The molecule has 34 heteroatoms. The molecular weight excluding hydrogens is 1530 g/mol. The van der Waals surface area contributed by atoms with Crippen LogP contribution >= 0.6 is 0 Å². The molecule has 4 aliphatic carbocycles. The first-order valence-electron chi connectivity index (χ1n) is 37.7. The van der Waals surface area contributed by atoms with E-state index < -0.39 is 222 Å². The van der Waals surface area contributed by atoms with Crippen molar-refractivity contribution >= 4 is 79.1 Å². The first kappa shape index (κ1) is 87.9. The number of esters is 4. The summed E-state index contributed by atoms with van der Waals surface area (Å²) in [7, 11) is -6.15. The van der Waals surface area contributed by atoms with E-state index in [0.29, 0.717) is 66.2 Å². The van der Waals surface area contributed by atoms with Gasteiger partial charge >= 0.3 is 36.2 Å². The highest BCUT2D eigenvalue weighted by molar-refractivity contribution is 7.92. The van der Waals surface area contributed by atoms with Crippen LogP contribution in [0.1, 0.15) is 192 Å². The predicted octanol–water partition coefficient (Wildman–Crippen LogP) is 11.3. The number of nitrogens with zero attached hydrogens (tertiary/aromatic N) is 2. The Labute approximate surface area is 646 Å². The molecule has 24 nitrogen and oxygen atoms in total. The van der Waals surface area contributed by atoms with E-state index in [-0.39, 0.29) is 98.9 Å². The number of rotatable bonds is 20. The fourth-order valence-electron chi connectivity index (χ4n) is 15.7.